The SMILES string of the molecule is Cc1nc(CSCC(=O)NOC2CCCC2)cs1. The highest BCUT2D eigenvalue weighted by molar-refractivity contribution is 7.99. The molecule has 18 heavy (non-hydrogen) atoms. The fourth-order valence-corrected chi connectivity index (χ4v) is 3.33. The maximum atomic E-state index is 11.5. The third kappa shape index (κ3) is 4.59. The Bertz CT molecular complexity index is 389. The van der Waals surface area contributed by atoms with Crippen molar-refractivity contribution < 1.29 is 9.63 Å². The summed E-state index contributed by atoms with van der Waals surface area (Å²) in [6, 6.07) is 0. The van der Waals surface area contributed by atoms with Gasteiger partial charge in [0, 0.05) is 11.1 Å². The first-order valence-electron chi connectivity index (χ1n) is 6.17. The van der Waals surface area contributed by atoms with Gasteiger partial charge in [0.15, 0.2) is 0 Å². The van der Waals surface area contributed by atoms with Gasteiger partial charge >= 0.3 is 0 Å². The van der Waals surface area contributed by atoms with Crippen molar-refractivity contribution in [3.63, 3.8) is 0 Å². The monoisotopic (exact) mass is 286 g/mol. The molecule has 1 heterocycles. The molecule has 0 aromatic carbocycles. The van der Waals surface area contributed by atoms with E-state index >= 15 is 0 Å². The van der Waals surface area contributed by atoms with Gasteiger partial charge in [-0.25, -0.2) is 10.5 Å². The minimum atomic E-state index is -0.0566. The van der Waals surface area contributed by atoms with Gasteiger partial charge in [-0.05, 0) is 19.8 Å². The lowest BCUT2D eigenvalue weighted by Gasteiger charge is -2.10. The van der Waals surface area contributed by atoms with Crippen molar-refractivity contribution >= 4 is 29.0 Å². The molecule has 6 heteroatoms. The topological polar surface area (TPSA) is 51.2 Å². The van der Waals surface area contributed by atoms with E-state index in [2.05, 4.69) is 10.5 Å². The Morgan fingerprint density at radius 3 is 3.06 bits per heavy atom. The van der Waals surface area contributed by atoms with Gasteiger partial charge in [-0.3, -0.25) is 9.63 Å². The van der Waals surface area contributed by atoms with Gasteiger partial charge in [0.05, 0.1) is 22.6 Å². The van der Waals surface area contributed by atoms with Gasteiger partial charge in [-0.15, -0.1) is 23.1 Å². The number of carbonyl (C=O) groups is 1. The van der Waals surface area contributed by atoms with Crippen LogP contribution < -0.4 is 5.48 Å². The molecule has 0 aliphatic heterocycles. The molecule has 0 bridgehead atoms. The molecule has 1 fully saturated rings. The zero-order valence-electron chi connectivity index (χ0n) is 10.5. The molecule has 1 amide bonds. The predicted molar refractivity (Wildman–Crippen MR) is 74.5 cm³/mol. The molecule has 1 aromatic heterocycles. The summed E-state index contributed by atoms with van der Waals surface area (Å²) < 4.78 is 0. The second kappa shape index (κ2) is 7.11. The number of rotatable bonds is 6. The lowest BCUT2D eigenvalue weighted by Crippen LogP contribution is -2.29. The van der Waals surface area contributed by atoms with Crippen LogP contribution in [-0.4, -0.2) is 22.7 Å². The molecule has 0 spiro atoms. The summed E-state index contributed by atoms with van der Waals surface area (Å²) in [5.41, 5.74) is 3.59. The van der Waals surface area contributed by atoms with E-state index in [4.69, 9.17) is 4.84 Å². The van der Waals surface area contributed by atoms with E-state index in [1.807, 2.05) is 12.3 Å². The molecule has 1 aromatic rings. The summed E-state index contributed by atoms with van der Waals surface area (Å²) in [5.74, 6) is 1.14. The normalized spacial score (nSPS) is 16.1. The van der Waals surface area contributed by atoms with Crippen LogP contribution in [0.3, 0.4) is 0 Å². The van der Waals surface area contributed by atoms with Gasteiger partial charge in [-0.1, -0.05) is 12.8 Å². The molecule has 0 saturated heterocycles. The first-order valence-corrected chi connectivity index (χ1v) is 8.20. The van der Waals surface area contributed by atoms with Crippen molar-refractivity contribution in [2.75, 3.05) is 5.75 Å². The number of amides is 1. The van der Waals surface area contributed by atoms with E-state index in [0.29, 0.717) is 5.75 Å². The first kappa shape index (κ1) is 13.8. The van der Waals surface area contributed by atoms with Crippen LogP contribution in [0.2, 0.25) is 0 Å². The van der Waals surface area contributed by atoms with Crippen molar-refractivity contribution in [1.29, 1.82) is 0 Å². The molecule has 100 valence electrons. The Balaban J connectivity index is 1.57. The van der Waals surface area contributed by atoms with Gasteiger partial charge < -0.3 is 0 Å². The highest BCUT2D eigenvalue weighted by Gasteiger charge is 2.16. The van der Waals surface area contributed by atoms with Crippen LogP contribution >= 0.6 is 23.1 Å². The molecule has 4 nitrogen and oxygen atoms in total. The summed E-state index contributed by atoms with van der Waals surface area (Å²) in [4.78, 5) is 21.2. The average Bonchev–Trinajstić information content (AvgIpc) is 2.98. The van der Waals surface area contributed by atoms with Gasteiger partial charge in [0.1, 0.15) is 0 Å². The maximum Gasteiger partial charge on any atom is 0.253 e. The predicted octanol–water partition coefficient (Wildman–Crippen LogP) is 2.68. The number of thiazole rings is 1. The van der Waals surface area contributed by atoms with Crippen molar-refractivity contribution in [3.05, 3.63) is 16.1 Å². The van der Waals surface area contributed by atoms with E-state index in [9.17, 15) is 4.79 Å². The summed E-state index contributed by atoms with van der Waals surface area (Å²) >= 11 is 3.20. The number of hydrogen-bond acceptors (Lipinski definition) is 5. The quantitative estimate of drug-likeness (QED) is 0.817. The third-order valence-electron chi connectivity index (χ3n) is 2.79. The van der Waals surface area contributed by atoms with Gasteiger partial charge in [0.25, 0.3) is 5.91 Å². The summed E-state index contributed by atoms with van der Waals surface area (Å²) in [7, 11) is 0. The van der Waals surface area contributed by atoms with E-state index in [1.165, 1.54) is 12.8 Å². The number of nitrogens with zero attached hydrogens (tertiary/aromatic N) is 1. The number of thioether (sulfide) groups is 1. The number of hydrogen-bond donors (Lipinski definition) is 1. The number of aromatic nitrogens is 1. The summed E-state index contributed by atoms with van der Waals surface area (Å²) in [5, 5.41) is 3.11. The standard InChI is InChI=1S/C12H18N2O2S2/c1-9-13-10(7-18-9)6-17-8-12(15)14-16-11-4-2-3-5-11/h7,11H,2-6,8H2,1H3,(H,14,15). The fraction of sp³-hybridized carbons (Fsp3) is 0.667. The zero-order chi connectivity index (χ0) is 12.8. The lowest BCUT2D eigenvalue weighted by atomic mass is 10.3. The van der Waals surface area contributed by atoms with Crippen molar-refractivity contribution in [1.82, 2.24) is 10.5 Å². The second-order valence-electron chi connectivity index (χ2n) is 4.40. The van der Waals surface area contributed by atoms with Gasteiger partial charge in [-0.2, -0.15) is 0 Å². The Morgan fingerprint density at radius 2 is 2.39 bits per heavy atom. The van der Waals surface area contributed by atoms with Crippen molar-refractivity contribution in [2.45, 2.75) is 44.5 Å². The summed E-state index contributed by atoms with van der Waals surface area (Å²) in [6.45, 7) is 1.99. The molecule has 0 radical (unpaired) electrons. The Hall–Kier alpha value is -0.590. The maximum absolute atomic E-state index is 11.5. The van der Waals surface area contributed by atoms with E-state index in [-0.39, 0.29) is 12.0 Å². The molecule has 0 unspecified atom stereocenters. The first-order chi connectivity index (χ1) is 8.74. The zero-order valence-corrected chi connectivity index (χ0v) is 12.1. The molecule has 1 saturated carbocycles. The van der Waals surface area contributed by atoms with Crippen LogP contribution in [-0.2, 0) is 15.4 Å². The number of carbonyl (C=O) groups excluding carboxylic acids is 1. The van der Waals surface area contributed by atoms with Gasteiger partial charge in [0.2, 0.25) is 0 Å². The van der Waals surface area contributed by atoms with Crippen LogP contribution in [0.5, 0.6) is 0 Å². The minimum Gasteiger partial charge on any atom is -0.272 e. The smallest absolute Gasteiger partial charge is 0.253 e. The molecule has 0 atom stereocenters. The highest BCUT2D eigenvalue weighted by Crippen LogP contribution is 2.20. The highest BCUT2D eigenvalue weighted by atomic mass is 32.2. The van der Waals surface area contributed by atoms with Crippen molar-refractivity contribution in [3.8, 4) is 0 Å². The molecular weight excluding hydrogens is 268 g/mol. The second-order valence-corrected chi connectivity index (χ2v) is 6.45. The van der Waals surface area contributed by atoms with E-state index < -0.39 is 0 Å². The third-order valence-corrected chi connectivity index (χ3v) is 4.58. The number of aryl methyl sites for hydroxylation is 1. The molecule has 2 rings (SSSR count). The lowest BCUT2D eigenvalue weighted by molar-refractivity contribution is -0.135. The van der Waals surface area contributed by atoms with Crippen molar-refractivity contribution in [2.24, 2.45) is 0 Å². The number of hydroxylamine groups is 1. The largest absolute Gasteiger partial charge is 0.272 e. The van der Waals surface area contributed by atoms with E-state index in [1.54, 1.807) is 23.1 Å². The Labute approximate surface area is 115 Å². The molecule has 1 N–H and O–H groups in total. The average molecular weight is 286 g/mol. The Morgan fingerprint density at radius 1 is 1.61 bits per heavy atom. The molecular formula is C12H18N2O2S2. The van der Waals surface area contributed by atoms with E-state index in [0.717, 1.165) is 29.3 Å². The Kier molecular flexibility index (Phi) is 5.46. The summed E-state index contributed by atoms with van der Waals surface area (Å²) in [6.07, 6.45) is 4.76. The minimum absolute atomic E-state index is 0.0566. The molecule has 1 aliphatic carbocycles. The number of nitrogens with one attached hydrogen (secondary N) is 1. The van der Waals surface area contributed by atoms with Crippen LogP contribution in [0.15, 0.2) is 5.38 Å². The molecule has 1 aliphatic rings. The van der Waals surface area contributed by atoms with Crippen LogP contribution in [0, 0.1) is 6.92 Å². The van der Waals surface area contributed by atoms with Crippen LogP contribution in [0.1, 0.15) is 36.4 Å². The van der Waals surface area contributed by atoms with Crippen LogP contribution in [0.4, 0.5) is 0 Å². The fourth-order valence-electron chi connectivity index (χ4n) is 1.91. The van der Waals surface area contributed by atoms with Crippen LogP contribution in [0.25, 0.3) is 0 Å².